The Morgan fingerprint density at radius 3 is 2.67 bits per heavy atom. The molecule has 1 heterocycles. The third-order valence-corrected chi connectivity index (χ3v) is 4.63. The first-order valence-corrected chi connectivity index (χ1v) is 8.31. The van der Waals surface area contributed by atoms with Crippen molar-refractivity contribution in [3.63, 3.8) is 0 Å². The molecular weight excluding hydrogens is 258 g/mol. The maximum atomic E-state index is 5.56. The highest BCUT2D eigenvalue weighted by Crippen LogP contribution is 2.31. The van der Waals surface area contributed by atoms with Gasteiger partial charge in [-0.25, -0.2) is 0 Å². The molecule has 1 fully saturated rings. The van der Waals surface area contributed by atoms with Gasteiger partial charge in [-0.1, -0.05) is 39.8 Å². The number of methoxy groups -OCH3 is 1. The molecule has 0 radical (unpaired) electrons. The minimum Gasteiger partial charge on any atom is -0.496 e. The van der Waals surface area contributed by atoms with Gasteiger partial charge in [0.05, 0.1) is 7.11 Å². The van der Waals surface area contributed by atoms with E-state index in [1.807, 2.05) is 0 Å². The van der Waals surface area contributed by atoms with E-state index in [9.17, 15) is 0 Å². The van der Waals surface area contributed by atoms with Crippen molar-refractivity contribution in [3.05, 3.63) is 29.3 Å². The lowest BCUT2D eigenvalue weighted by Gasteiger charge is -2.38. The monoisotopic (exact) mass is 289 g/mol. The summed E-state index contributed by atoms with van der Waals surface area (Å²) >= 11 is 0. The summed E-state index contributed by atoms with van der Waals surface area (Å²) in [6, 6.07) is 6.48. The molecule has 0 N–H and O–H groups in total. The molecule has 0 aromatic heterocycles. The maximum absolute atomic E-state index is 5.56. The second-order valence-corrected chi connectivity index (χ2v) is 7.48. The van der Waals surface area contributed by atoms with Gasteiger partial charge in [0.15, 0.2) is 0 Å². The molecule has 1 aliphatic heterocycles. The second kappa shape index (κ2) is 6.83. The van der Waals surface area contributed by atoms with Crippen LogP contribution >= 0.6 is 0 Å². The number of ether oxygens (including phenoxy) is 1. The van der Waals surface area contributed by atoms with Gasteiger partial charge in [0.2, 0.25) is 0 Å². The Labute approximate surface area is 130 Å². The predicted molar refractivity (Wildman–Crippen MR) is 90.2 cm³/mol. The van der Waals surface area contributed by atoms with Crippen LogP contribution in [-0.2, 0) is 6.42 Å². The van der Waals surface area contributed by atoms with E-state index < -0.39 is 0 Å². The van der Waals surface area contributed by atoms with E-state index in [1.54, 1.807) is 7.11 Å². The molecule has 0 amide bonds. The molecular formula is C19H31NO. The van der Waals surface area contributed by atoms with E-state index >= 15 is 0 Å². The lowest BCUT2D eigenvalue weighted by molar-refractivity contribution is 0.119. The summed E-state index contributed by atoms with van der Waals surface area (Å²) < 4.78 is 5.56. The largest absolute Gasteiger partial charge is 0.496 e. The van der Waals surface area contributed by atoms with E-state index in [4.69, 9.17) is 4.74 Å². The first kappa shape index (κ1) is 16.4. The third kappa shape index (κ3) is 4.23. The molecule has 2 heteroatoms. The molecule has 118 valence electrons. The van der Waals surface area contributed by atoms with Crippen molar-refractivity contribution in [1.82, 2.24) is 4.90 Å². The molecule has 1 saturated heterocycles. The summed E-state index contributed by atoms with van der Waals surface area (Å²) in [5.41, 5.74) is 3.32. The average molecular weight is 289 g/mol. The Morgan fingerprint density at radius 1 is 1.29 bits per heavy atom. The smallest absolute Gasteiger partial charge is 0.122 e. The number of rotatable bonds is 5. The van der Waals surface area contributed by atoms with Crippen LogP contribution in [0.1, 0.15) is 57.6 Å². The normalized spacial score (nSPS) is 19.0. The molecule has 1 aliphatic rings. The van der Waals surface area contributed by atoms with Crippen LogP contribution in [0.4, 0.5) is 0 Å². The van der Waals surface area contributed by atoms with Crippen LogP contribution in [0.5, 0.6) is 5.75 Å². The predicted octanol–water partition coefficient (Wildman–Crippen LogP) is 4.48. The topological polar surface area (TPSA) is 12.5 Å². The zero-order valence-corrected chi connectivity index (χ0v) is 14.4. The zero-order chi connectivity index (χ0) is 15.5. The fourth-order valence-corrected chi connectivity index (χ4v) is 3.65. The van der Waals surface area contributed by atoms with Crippen LogP contribution in [-0.4, -0.2) is 31.6 Å². The molecule has 0 saturated carbocycles. The Bertz CT molecular complexity index is 465. The third-order valence-electron chi connectivity index (χ3n) is 4.63. The van der Waals surface area contributed by atoms with Gasteiger partial charge in [0.25, 0.3) is 0 Å². The summed E-state index contributed by atoms with van der Waals surface area (Å²) in [7, 11) is 1.78. The van der Waals surface area contributed by atoms with Gasteiger partial charge in [-0.3, -0.25) is 0 Å². The minimum atomic E-state index is 0.480. The van der Waals surface area contributed by atoms with Crippen molar-refractivity contribution in [1.29, 1.82) is 0 Å². The van der Waals surface area contributed by atoms with Crippen LogP contribution in [0.25, 0.3) is 0 Å². The number of hydrogen-bond acceptors (Lipinski definition) is 2. The van der Waals surface area contributed by atoms with Gasteiger partial charge in [0.1, 0.15) is 5.75 Å². The lowest BCUT2D eigenvalue weighted by atomic mass is 9.84. The first-order chi connectivity index (χ1) is 9.93. The highest BCUT2D eigenvalue weighted by molar-refractivity contribution is 5.42. The summed E-state index contributed by atoms with van der Waals surface area (Å²) in [6.07, 6.45) is 3.82. The van der Waals surface area contributed by atoms with E-state index in [1.165, 1.54) is 37.1 Å². The number of nitrogens with zero attached hydrogens (tertiary/aromatic N) is 1. The quantitative estimate of drug-likeness (QED) is 0.792. The standard InChI is InChI=1S/C19H31NO/c1-15(2)18-16(8-6-9-17(18)21-5)10-13-20-12-7-11-19(3,4)14-20/h6,8-9,15H,7,10-14H2,1-5H3. The highest BCUT2D eigenvalue weighted by atomic mass is 16.5. The van der Waals surface area contributed by atoms with E-state index in [2.05, 4.69) is 50.8 Å². The fourth-order valence-electron chi connectivity index (χ4n) is 3.65. The van der Waals surface area contributed by atoms with Crippen molar-refractivity contribution in [2.45, 2.75) is 52.9 Å². The molecule has 0 bridgehead atoms. The maximum Gasteiger partial charge on any atom is 0.122 e. The van der Waals surface area contributed by atoms with Crippen LogP contribution < -0.4 is 4.74 Å². The highest BCUT2D eigenvalue weighted by Gasteiger charge is 2.26. The Balaban J connectivity index is 2.06. The molecule has 0 aliphatic carbocycles. The van der Waals surface area contributed by atoms with Gasteiger partial charge in [0, 0.05) is 13.1 Å². The molecule has 0 spiro atoms. The lowest BCUT2D eigenvalue weighted by Crippen LogP contribution is -2.41. The molecule has 0 unspecified atom stereocenters. The van der Waals surface area contributed by atoms with E-state index in [-0.39, 0.29) is 0 Å². The van der Waals surface area contributed by atoms with Crippen molar-refractivity contribution in [3.8, 4) is 5.75 Å². The van der Waals surface area contributed by atoms with Gasteiger partial charge in [-0.2, -0.15) is 0 Å². The molecule has 2 nitrogen and oxygen atoms in total. The van der Waals surface area contributed by atoms with E-state index in [0.29, 0.717) is 11.3 Å². The van der Waals surface area contributed by atoms with Crippen LogP contribution in [0.2, 0.25) is 0 Å². The average Bonchev–Trinajstić information content (AvgIpc) is 2.43. The van der Waals surface area contributed by atoms with Gasteiger partial charge in [-0.05, 0) is 54.3 Å². The number of likely N-dealkylation sites (tertiary alicyclic amines) is 1. The first-order valence-electron chi connectivity index (χ1n) is 8.31. The molecule has 1 aromatic carbocycles. The van der Waals surface area contributed by atoms with Crippen molar-refractivity contribution < 1.29 is 4.74 Å². The zero-order valence-electron chi connectivity index (χ0n) is 14.4. The molecule has 0 atom stereocenters. The summed E-state index contributed by atoms with van der Waals surface area (Å²) in [5, 5.41) is 0. The minimum absolute atomic E-state index is 0.480. The van der Waals surface area contributed by atoms with Crippen molar-refractivity contribution >= 4 is 0 Å². The number of benzene rings is 1. The second-order valence-electron chi connectivity index (χ2n) is 7.48. The number of piperidine rings is 1. The molecule has 2 rings (SSSR count). The van der Waals surface area contributed by atoms with Gasteiger partial charge >= 0.3 is 0 Å². The van der Waals surface area contributed by atoms with Gasteiger partial charge < -0.3 is 9.64 Å². The molecule has 1 aromatic rings. The summed E-state index contributed by atoms with van der Waals surface area (Å²) in [4.78, 5) is 2.63. The van der Waals surface area contributed by atoms with Crippen molar-refractivity contribution in [2.24, 2.45) is 5.41 Å². The fraction of sp³-hybridized carbons (Fsp3) is 0.684. The Morgan fingerprint density at radius 2 is 2.05 bits per heavy atom. The SMILES string of the molecule is COc1cccc(CCN2CCCC(C)(C)C2)c1C(C)C. The van der Waals surface area contributed by atoms with Crippen LogP contribution in [0.3, 0.4) is 0 Å². The molecule has 21 heavy (non-hydrogen) atoms. The summed E-state index contributed by atoms with van der Waals surface area (Å²) in [5.74, 6) is 1.55. The van der Waals surface area contributed by atoms with Crippen LogP contribution in [0.15, 0.2) is 18.2 Å². The summed E-state index contributed by atoms with van der Waals surface area (Å²) in [6.45, 7) is 12.9. The van der Waals surface area contributed by atoms with Crippen LogP contribution in [0, 0.1) is 5.41 Å². The van der Waals surface area contributed by atoms with Gasteiger partial charge in [-0.15, -0.1) is 0 Å². The Hall–Kier alpha value is -1.02. The van der Waals surface area contributed by atoms with Crippen molar-refractivity contribution in [2.75, 3.05) is 26.7 Å². The Kier molecular flexibility index (Phi) is 5.32. The number of hydrogen-bond donors (Lipinski definition) is 0. The van der Waals surface area contributed by atoms with E-state index in [0.717, 1.165) is 18.7 Å².